The second kappa shape index (κ2) is 13.9. The number of likely N-dealkylation sites (N-methyl/N-ethyl adjacent to an activating group) is 1. The van der Waals surface area contributed by atoms with Crippen LogP contribution in [0.5, 0.6) is 5.75 Å². The van der Waals surface area contributed by atoms with Gasteiger partial charge in [0.2, 0.25) is 11.8 Å². The number of sulfonamides is 1. The van der Waals surface area contributed by atoms with Gasteiger partial charge in [0.1, 0.15) is 18.3 Å². The van der Waals surface area contributed by atoms with Crippen molar-refractivity contribution in [2.45, 2.75) is 44.7 Å². The van der Waals surface area contributed by atoms with Crippen LogP contribution in [-0.2, 0) is 26.2 Å². The van der Waals surface area contributed by atoms with Gasteiger partial charge < -0.3 is 15.0 Å². The Morgan fingerprint density at radius 2 is 1.65 bits per heavy atom. The molecule has 11 heteroatoms. The van der Waals surface area contributed by atoms with Gasteiger partial charge in [0.05, 0.1) is 27.2 Å². The smallest absolute Gasteiger partial charge is 0.264 e. The van der Waals surface area contributed by atoms with Gasteiger partial charge in [-0.05, 0) is 62.2 Å². The fraction of sp³-hybridized carbons (Fsp3) is 0.310. The van der Waals surface area contributed by atoms with Crippen LogP contribution >= 0.6 is 23.2 Å². The van der Waals surface area contributed by atoms with Crippen molar-refractivity contribution in [1.82, 2.24) is 10.2 Å². The highest BCUT2D eigenvalue weighted by Gasteiger charge is 2.34. The first-order valence-corrected chi connectivity index (χ1v) is 15.0. The van der Waals surface area contributed by atoms with Gasteiger partial charge in [-0.3, -0.25) is 13.9 Å². The molecule has 0 heterocycles. The lowest BCUT2D eigenvalue weighted by Gasteiger charge is -2.33. The third-order valence-corrected chi connectivity index (χ3v) is 8.80. The molecule has 1 atom stereocenters. The second-order valence-electron chi connectivity index (χ2n) is 9.03. The molecule has 0 unspecified atom stereocenters. The van der Waals surface area contributed by atoms with E-state index in [0.29, 0.717) is 34.4 Å². The van der Waals surface area contributed by atoms with Gasteiger partial charge in [-0.2, -0.15) is 0 Å². The minimum absolute atomic E-state index is 0.00712. The van der Waals surface area contributed by atoms with E-state index in [4.69, 9.17) is 27.9 Å². The van der Waals surface area contributed by atoms with E-state index in [1.165, 1.54) is 24.1 Å². The number of aryl methyl sites for hydroxylation is 1. The molecular weight excluding hydrogens is 573 g/mol. The SMILES string of the molecule is CCOc1ccccc1N(CC(=O)N(Cc1ccc(Cl)c(Cl)c1)[C@@H](CC)C(=O)NC)S(=O)(=O)c1ccc(C)cc1. The average molecular weight is 607 g/mol. The van der Waals surface area contributed by atoms with Crippen molar-refractivity contribution in [2.75, 3.05) is 24.5 Å². The molecule has 0 spiro atoms. The largest absolute Gasteiger partial charge is 0.492 e. The second-order valence-corrected chi connectivity index (χ2v) is 11.7. The Kier molecular flexibility index (Phi) is 10.8. The number of ether oxygens (including phenoxy) is 1. The molecule has 0 radical (unpaired) electrons. The first kappa shape index (κ1) is 31.3. The van der Waals surface area contributed by atoms with Crippen molar-refractivity contribution < 1.29 is 22.7 Å². The summed E-state index contributed by atoms with van der Waals surface area (Å²) >= 11 is 12.3. The number of amides is 2. The highest BCUT2D eigenvalue weighted by atomic mass is 35.5. The number of hydrogen-bond donors (Lipinski definition) is 1. The van der Waals surface area contributed by atoms with Gasteiger partial charge in [-0.25, -0.2) is 8.42 Å². The minimum atomic E-state index is -4.22. The number of nitrogens with zero attached hydrogens (tertiary/aromatic N) is 2. The topological polar surface area (TPSA) is 96.0 Å². The Balaban J connectivity index is 2.12. The molecule has 0 saturated heterocycles. The molecule has 3 aromatic carbocycles. The Morgan fingerprint density at radius 1 is 0.975 bits per heavy atom. The van der Waals surface area contributed by atoms with E-state index in [2.05, 4.69) is 5.32 Å². The molecule has 0 aliphatic heterocycles. The zero-order valence-corrected chi connectivity index (χ0v) is 25.2. The summed E-state index contributed by atoms with van der Waals surface area (Å²) in [5, 5.41) is 3.25. The lowest BCUT2D eigenvalue weighted by Crippen LogP contribution is -2.51. The van der Waals surface area contributed by atoms with Crippen LogP contribution < -0.4 is 14.4 Å². The Labute approximate surface area is 245 Å². The number of para-hydroxylation sites is 2. The van der Waals surface area contributed by atoms with Crippen LogP contribution in [-0.4, -0.2) is 51.4 Å². The fourth-order valence-electron chi connectivity index (χ4n) is 4.21. The van der Waals surface area contributed by atoms with Crippen molar-refractivity contribution in [3.63, 3.8) is 0 Å². The zero-order valence-electron chi connectivity index (χ0n) is 22.9. The summed E-state index contributed by atoms with van der Waals surface area (Å²) in [5.41, 5.74) is 1.73. The van der Waals surface area contributed by atoms with Gasteiger partial charge in [0, 0.05) is 13.6 Å². The first-order valence-electron chi connectivity index (χ1n) is 12.8. The van der Waals surface area contributed by atoms with Crippen LogP contribution in [0.15, 0.2) is 71.6 Å². The molecule has 8 nitrogen and oxygen atoms in total. The van der Waals surface area contributed by atoms with Crippen molar-refractivity contribution >= 4 is 50.7 Å². The Bertz CT molecular complexity index is 1450. The monoisotopic (exact) mass is 605 g/mol. The minimum Gasteiger partial charge on any atom is -0.492 e. The number of benzene rings is 3. The number of carbonyl (C=O) groups is 2. The van der Waals surface area contributed by atoms with E-state index in [0.717, 1.165) is 9.87 Å². The summed E-state index contributed by atoms with van der Waals surface area (Å²) in [4.78, 5) is 28.3. The molecule has 1 N–H and O–H groups in total. The van der Waals surface area contributed by atoms with Crippen molar-refractivity contribution in [2.24, 2.45) is 0 Å². The highest BCUT2D eigenvalue weighted by Crippen LogP contribution is 2.33. The van der Waals surface area contributed by atoms with E-state index >= 15 is 0 Å². The van der Waals surface area contributed by atoms with Crippen LogP contribution in [0.4, 0.5) is 5.69 Å². The van der Waals surface area contributed by atoms with Crippen LogP contribution in [0.2, 0.25) is 10.0 Å². The van der Waals surface area contributed by atoms with Crippen LogP contribution in [0, 0.1) is 6.92 Å². The molecule has 0 aromatic heterocycles. The van der Waals surface area contributed by atoms with Gasteiger partial charge in [0.15, 0.2) is 0 Å². The van der Waals surface area contributed by atoms with E-state index < -0.39 is 28.5 Å². The number of carbonyl (C=O) groups excluding carboxylic acids is 2. The molecule has 0 saturated carbocycles. The fourth-order valence-corrected chi connectivity index (χ4v) is 5.96. The maximum Gasteiger partial charge on any atom is 0.264 e. The molecule has 3 rings (SSSR count). The molecule has 2 amide bonds. The average Bonchev–Trinajstić information content (AvgIpc) is 2.94. The predicted octanol–water partition coefficient (Wildman–Crippen LogP) is 5.45. The quantitative estimate of drug-likeness (QED) is 0.296. The number of halogens is 2. The normalized spacial score (nSPS) is 11.9. The summed E-state index contributed by atoms with van der Waals surface area (Å²) in [6, 6.07) is 17.1. The summed E-state index contributed by atoms with van der Waals surface area (Å²) in [5.74, 6) is -0.648. The van der Waals surface area contributed by atoms with Gasteiger partial charge in [-0.15, -0.1) is 0 Å². The molecule has 214 valence electrons. The van der Waals surface area contributed by atoms with Gasteiger partial charge in [0.25, 0.3) is 10.0 Å². The maximum absolute atomic E-state index is 14.0. The van der Waals surface area contributed by atoms with Crippen molar-refractivity contribution in [3.05, 3.63) is 87.9 Å². The lowest BCUT2D eigenvalue weighted by atomic mass is 10.1. The van der Waals surface area contributed by atoms with Crippen molar-refractivity contribution in [3.8, 4) is 5.75 Å². The van der Waals surface area contributed by atoms with Gasteiger partial charge in [-0.1, -0.05) is 66.0 Å². The molecule has 0 aliphatic carbocycles. The summed E-state index contributed by atoms with van der Waals surface area (Å²) in [6.07, 6.45) is 0.299. The van der Waals surface area contributed by atoms with Crippen molar-refractivity contribution in [1.29, 1.82) is 0 Å². The molecule has 40 heavy (non-hydrogen) atoms. The molecule has 0 aliphatic rings. The third-order valence-electron chi connectivity index (χ3n) is 6.29. The lowest BCUT2D eigenvalue weighted by molar-refractivity contribution is -0.140. The van der Waals surface area contributed by atoms with Crippen LogP contribution in [0.25, 0.3) is 0 Å². The number of anilines is 1. The van der Waals surface area contributed by atoms with E-state index in [1.807, 2.05) is 6.92 Å². The standard InChI is InChI=1S/C29H33Cl2N3O5S/c1-5-25(29(36)32-4)33(18-21-13-16-23(30)24(31)17-21)28(35)19-34(26-9-7-8-10-27(26)39-6-2)40(37,38)22-14-11-20(3)12-15-22/h7-17,25H,5-6,18-19H2,1-4H3,(H,32,36)/t25-/m0/s1. The first-order chi connectivity index (χ1) is 19.0. The summed E-state index contributed by atoms with van der Waals surface area (Å²) in [6.45, 7) is 5.14. The van der Waals surface area contributed by atoms with E-state index in [9.17, 15) is 18.0 Å². The molecular formula is C29H33Cl2N3O5S. The highest BCUT2D eigenvalue weighted by molar-refractivity contribution is 7.92. The van der Waals surface area contributed by atoms with E-state index in [1.54, 1.807) is 68.4 Å². The Morgan fingerprint density at radius 3 is 2.25 bits per heavy atom. The number of nitrogens with one attached hydrogen (secondary N) is 1. The maximum atomic E-state index is 14.0. The van der Waals surface area contributed by atoms with E-state index in [-0.39, 0.29) is 23.0 Å². The number of hydrogen-bond acceptors (Lipinski definition) is 5. The molecule has 3 aromatic rings. The van der Waals surface area contributed by atoms with Gasteiger partial charge >= 0.3 is 0 Å². The third kappa shape index (κ3) is 7.27. The Hall–Kier alpha value is -3.27. The zero-order chi connectivity index (χ0) is 29.4. The molecule has 0 bridgehead atoms. The number of rotatable bonds is 12. The summed E-state index contributed by atoms with van der Waals surface area (Å²) in [7, 11) is -2.73. The van der Waals surface area contributed by atoms with Crippen LogP contribution in [0.3, 0.4) is 0 Å². The van der Waals surface area contributed by atoms with Crippen LogP contribution in [0.1, 0.15) is 31.4 Å². The predicted molar refractivity (Wildman–Crippen MR) is 158 cm³/mol. The summed E-state index contributed by atoms with van der Waals surface area (Å²) < 4.78 is 34.8. The molecule has 0 fully saturated rings.